The second kappa shape index (κ2) is 3.94. The van der Waals surface area contributed by atoms with Crippen molar-refractivity contribution in [3.8, 4) is 0 Å². The van der Waals surface area contributed by atoms with Crippen molar-refractivity contribution in [3.05, 3.63) is 0 Å². The van der Waals surface area contributed by atoms with Gasteiger partial charge >= 0.3 is 0 Å². The molecule has 0 spiro atoms. The van der Waals surface area contributed by atoms with Gasteiger partial charge in [-0.15, -0.1) is 0 Å². The molecule has 2 amide bonds. The number of alkyl halides is 1. The van der Waals surface area contributed by atoms with Gasteiger partial charge < -0.3 is 0 Å². The van der Waals surface area contributed by atoms with Gasteiger partial charge in [-0.25, -0.2) is 0 Å². The predicted molar refractivity (Wildman–Crippen MR) is 58.5 cm³/mol. The number of imide groups is 1. The van der Waals surface area contributed by atoms with E-state index in [9.17, 15) is 9.59 Å². The average molecular weight is 295 g/mol. The summed E-state index contributed by atoms with van der Waals surface area (Å²) < 4.78 is 1.03. The Morgan fingerprint density at radius 3 is 2.46 bits per heavy atom. The molecule has 1 heterocycles. The normalized spacial score (nSPS) is 26.2. The van der Waals surface area contributed by atoms with Crippen LogP contribution in [0.3, 0.4) is 0 Å². The fourth-order valence-corrected chi connectivity index (χ4v) is 2.06. The van der Waals surface area contributed by atoms with E-state index in [-0.39, 0.29) is 17.7 Å². The van der Waals surface area contributed by atoms with Crippen molar-refractivity contribution in [2.24, 2.45) is 11.3 Å². The molecular formula is C9H14INO2. The van der Waals surface area contributed by atoms with Crippen LogP contribution in [-0.2, 0) is 9.59 Å². The fourth-order valence-electron chi connectivity index (χ4n) is 1.62. The van der Waals surface area contributed by atoms with Gasteiger partial charge in [-0.05, 0) is 17.3 Å². The zero-order valence-electron chi connectivity index (χ0n) is 7.89. The second-order valence-corrected chi connectivity index (χ2v) is 5.00. The number of amides is 2. The number of halogens is 1. The monoisotopic (exact) mass is 295 g/mol. The molecule has 0 radical (unpaired) electrons. The summed E-state index contributed by atoms with van der Waals surface area (Å²) in [6.07, 6.45) is 1.81. The van der Waals surface area contributed by atoms with Crippen LogP contribution in [0.15, 0.2) is 0 Å². The molecule has 0 aromatic heterocycles. The van der Waals surface area contributed by atoms with Gasteiger partial charge in [0, 0.05) is 0 Å². The number of hydrogen-bond donors (Lipinski definition) is 1. The summed E-state index contributed by atoms with van der Waals surface area (Å²) in [5, 5.41) is 2.39. The van der Waals surface area contributed by atoms with E-state index in [1.165, 1.54) is 0 Å². The molecule has 0 bridgehead atoms. The number of hydrogen-bond acceptors (Lipinski definition) is 2. The van der Waals surface area contributed by atoms with Crippen LogP contribution in [0.2, 0.25) is 0 Å². The summed E-state index contributed by atoms with van der Waals surface area (Å²) >= 11 is 2.28. The maximum atomic E-state index is 11.4. The third kappa shape index (κ3) is 2.03. The third-order valence-electron chi connectivity index (χ3n) is 2.64. The molecule has 1 saturated heterocycles. The molecule has 0 aliphatic carbocycles. The number of carbonyl (C=O) groups is 2. The number of nitrogens with one attached hydrogen (secondary N) is 1. The van der Waals surface area contributed by atoms with Gasteiger partial charge in [-0.3, -0.25) is 14.9 Å². The first kappa shape index (κ1) is 10.9. The third-order valence-corrected chi connectivity index (χ3v) is 3.40. The second-order valence-electron chi connectivity index (χ2n) is 3.92. The Morgan fingerprint density at radius 2 is 2.08 bits per heavy atom. The molecule has 4 heteroatoms. The molecule has 74 valence electrons. The van der Waals surface area contributed by atoms with Gasteiger partial charge in [-0.1, -0.05) is 36.4 Å². The van der Waals surface area contributed by atoms with Crippen LogP contribution in [0.5, 0.6) is 0 Å². The molecular weight excluding hydrogens is 281 g/mol. The molecule has 1 aliphatic heterocycles. The van der Waals surface area contributed by atoms with Crippen LogP contribution >= 0.6 is 22.6 Å². The van der Waals surface area contributed by atoms with Crippen molar-refractivity contribution < 1.29 is 9.59 Å². The molecule has 1 fully saturated rings. The van der Waals surface area contributed by atoms with E-state index >= 15 is 0 Å². The Kier molecular flexibility index (Phi) is 3.32. The molecule has 0 aromatic carbocycles. The van der Waals surface area contributed by atoms with E-state index in [1.54, 1.807) is 0 Å². The van der Waals surface area contributed by atoms with Crippen molar-refractivity contribution in [3.63, 3.8) is 0 Å². The van der Waals surface area contributed by atoms with Gasteiger partial charge in [0.15, 0.2) is 0 Å². The van der Waals surface area contributed by atoms with Crippen LogP contribution in [-0.4, -0.2) is 16.2 Å². The zero-order valence-corrected chi connectivity index (χ0v) is 10.1. The summed E-state index contributed by atoms with van der Waals surface area (Å²) in [6.45, 7) is 3.68. The van der Waals surface area contributed by atoms with E-state index in [2.05, 4.69) is 27.9 Å². The largest absolute Gasteiger partial charge is 0.296 e. The first-order valence-corrected chi connectivity index (χ1v) is 5.94. The molecule has 0 unspecified atom stereocenters. The number of rotatable bonds is 3. The molecule has 1 rings (SSSR count). The minimum Gasteiger partial charge on any atom is -0.296 e. The summed E-state index contributed by atoms with van der Waals surface area (Å²) in [7, 11) is 0. The molecule has 0 aromatic rings. The van der Waals surface area contributed by atoms with Gasteiger partial charge in [0.05, 0.1) is 11.3 Å². The van der Waals surface area contributed by atoms with Crippen molar-refractivity contribution >= 4 is 34.4 Å². The highest BCUT2D eigenvalue weighted by molar-refractivity contribution is 14.1. The van der Waals surface area contributed by atoms with Crippen LogP contribution in [0.4, 0.5) is 0 Å². The SMILES string of the molecule is CC1(C)C(=O)NC(=O)[C@@H]1CCCI. The lowest BCUT2D eigenvalue weighted by molar-refractivity contribution is -0.127. The zero-order chi connectivity index (χ0) is 10.1. The molecule has 0 saturated carbocycles. The summed E-state index contributed by atoms with van der Waals surface area (Å²) in [5.41, 5.74) is -0.511. The van der Waals surface area contributed by atoms with Gasteiger partial charge in [0.25, 0.3) is 0 Å². The lowest BCUT2D eigenvalue weighted by Crippen LogP contribution is -2.28. The lowest BCUT2D eigenvalue weighted by atomic mass is 9.79. The van der Waals surface area contributed by atoms with Gasteiger partial charge in [0.2, 0.25) is 11.8 Å². The molecule has 1 atom stereocenters. The smallest absolute Gasteiger partial charge is 0.233 e. The quantitative estimate of drug-likeness (QED) is 0.487. The Labute approximate surface area is 91.8 Å². The van der Waals surface area contributed by atoms with Crippen LogP contribution in [0.25, 0.3) is 0 Å². The Hall–Kier alpha value is -0.130. The molecule has 3 nitrogen and oxygen atoms in total. The van der Waals surface area contributed by atoms with Gasteiger partial charge in [0.1, 0.15) is 0 Å². The minimum absolute atomic E-state index is 0.0974. The lowest BCUT2D eigenvalue weighted by Gasteiger charge is -2.20. The summed E-state index contributed by atoms with van der Waals surface area (Å²) in [5.74, 6) is -0.356. The van der Waals surface area contributed by atoms with E-state index < -0.39 is 5.41 Å². The predicted octanol–water partition coefficient (Wildman–Crippen LogP) is 1.50. The molecule has 1 aliphatic rings. The minimum atomic E-state index is -0.511. The van der Waals surface area contributed by atoms with Gasteiger partial charge in [-0.2, -0.15) is 0 Å². The van der Waals surface area contributed by atoms with E-state index in [0.29, 0.717) is 0 Å². The summed E-state index contributed by atoms with van der Waals surface area (Å²) in [6, 6.07) is 0. The van der Waals surface area contributed by atoms with Crippen molar-refractivity contribution in [1.82, 2.24) is 5.32 Å². The first-order valence-electron chi connectivity index (χ1n) is 4.41. The highest BCUT2D eigenvalue weighted by Gasteiger charge is 2.47. The fraction of sp³-hybridized carbons (Fsp3) is 0.778. The highest BCUT2D eigenvalue weighted by Crippen LogP contribution is 2.35. The highest BCUT2D eigenvalue weighted by atomic mass is 127. The Bertz CT molecular complexity index is 238. The Balaban J connectivity index is 2.71. The van der Waals surface area contributed by atoms with Crippen LogP contribution in [0, 0.1) is 11.3 Å². The van der Waals surface area contributed by atoms with Crippen molar-refractivity contribution in [1.29, 1.82) is 0 Å². The first-order chi connectivity index (χ1) is 6.00. The average Bonchev–Trinajstić information content (AvgIpc) is 2.21. The van der Waals surface area contributed by atoms with Crippen LogP contribution in [0.1, 0.15) is 26.7 Å². The van der Waals surface area contributed by atoms with E-state index in [4.69, 9.17) is 0 Å². The standard InChI is InChI=1S/C9H14INO2/c1-9(2)6(4-3-5-10)7(12)11-8(9)13/h6H,3-5H2,1-2H3,(H,11,12,13)/t6-/m0/s1. The van der Waals surface area contributed by atoms with Crippen molar-refractivity contribution in [2.45, 2.75) is 26.7 Å². The van der Waals surface area contributed by atoms with Crippen LogP contribution < -0.4 is 5.32 Å². The maximum Gasteiger partial charge on any atom is 0.233 e. The van der Waals surface area contributed by atoms with Crippen molar-refractivity contribution in [2.75, 3.05) is 4.43 Å². The molecule has 13 heavy (non-hydrogen) atoms. The molecule has 1 N–H and O–H groups in total. The summed E-state index contributed by atoms with van der Waals surface area (Å²) in [4.78, 5) is 22.7. The maximum absolute atomic E-state index is 11.4. The van der Waals surface area contributed by atoms with E-state index in [1.807, 2.05) is 13.8 Å². The number of carbonyl (C=O) groups excluding carboxylic acids is 2. The Morgan fingerprint density at radius 1 is 1.46 bits per heavy atom. The van der Waals surface area contributed by atoms with E-state index in [0.717, 1.165) is 17.3 Å². The topological polar surface area (TPSA) is 46.2 Å².